The lowest BCUT2D eigenvalue weighted by Crippen LogP contribution is -2.32. The van der Waals surface area contributed by atoms with Gasteiger partial charge in [0, 0.05) is 12.5 Å². The number of ketones is 1. The summed E-state index contributed by atoms with van der Waals surface area (Å²) < 4.78 is 4.97. The third kappa shape index (κ3) is 2.57. The van der Waals surface area contributed by atoms with Gasteiger partial charge < -0.3 is 4.74 Å². The maximum absolute atomic E-state index is 12.0. The Morgan fingerprint density at radius 2 is 1.93 bits per heavy atom. The van der Waals surface area contributed by atoms with Gasteiger partial charge in [-0.05, 0) is 25.2 Å². The molecule has 0 radical (unpaired) electrons. The second kappa shape index (κ2) is 4.92. The molecule has 0 bridgehead atoms. The molecule has 1 aliphatic rings. The number of carbonyl (C=O) groups excluding carboxylic acids is 1. The molecule has 0 saturated heterocycles. The number of carbonyl (C=O) groups is 1. The maximum Gasteiger partial charge on any atom is 0.164 e. The minimum atomic E-state index is -0.0375. The summed E-state index contributed by atoms with van der Waals surface area (Å²) in [6.07, 6.45) is 5.61. The number of hydrogen-bond acceptors (Lipinski definition) is 2. The molecule has 1 fully saturated rings. The molecule has 0 aromatic carbocycles. The van der Waals surface area contributed by atoms with Crippen molar-refractivity contribution >= 4 is 5.78 Å². The van der Waals surface area contributed by atoms with Gasteiger partial charge >= 0.3 is 0 Å². The molecule has 0 spiro atoms. The lowest BCUT2D eigenvalue weighted by atomic mass is 9.75. The molecule has 0 unspecified atom stereocenters. The lowest BCUT2D eigenvalue weighted by Gasteiger charge is -2.28. The summed E-state index contributed by atoms with van der Waals surface area (Å²) in [7, 11) is 1.61. The zero-order chi connectivity index (χ0) is 10.6. The van der Waals surface area contributed by atoms with Crippen LogP contribution in [0.15, 0.2) is 0 Å². The van der Waals surface area contributed by atoms with Gasteiger partial charge in [0.25, 0.3) is 0 Å². The first-order valence-electron chi connectivity index (χ1n) is 5.63. The first-order chi connectivity index (χ1) is 6.60. The summed E-state index contributed by atoms with van der Waals surface area (Å²) in [6.45, 7) is 4.69. The van der Waals surface area contributed by atoms with Crippen LogP contribution in [0.5, 0.6) is 0 Å². The summed E-state index contributed by atoms with van der Waals surface area (Å²) in [5.41, 5.74) is -0.0375. The Morgan fingerprint density at radius 1 is 1.36 bits per heavy atom. The number of Topliss-reactive ketones (excluding diaryl/α,β-unsaturated/α-hetero) is 1. The van der Waals surface area contributed by atoms with Crippen molar-refractivity contribution in [2.45, 2.75) is 46.0 Å². The molecule has 0 aliphatic heterocycles. The van der Waals surface area contributed by atoms with Gasteiger partial charge in [-0.2, -0.15) is 0 Å². The van der Waals surface area contributed by atoms with E-state index in [-0.39, 0.29) is 5.41 Å². The van der Waals surface area contributed by atoms with Crippen molar-refractivity contribution in [3.8, 4) is 0 Å². The van der Waals surface area contributed by atoms with Crippen LogP contribution in [0.3, 0.4) is 0 Å². The molecule has 0 N–H and O–H groups in total. The van der Waals surface area contributed by atoms with Crippen LogP contribution >= 0.6 is 0 Å². The van der Waals surface area contributed by atoms with Crippen molar-refractivity contribution in [3.05, 3.63) is 0 Å². The van der Waals surface area contributed by atoms with Gasteiger partial charge in [-0.3, -0.25) is 4.79 Å². The van der Waals surface area contributed by atoms with Crippen LogP contribution in [0.2, 0.25) is 0 Å². The van der Waals surface area contributed by atoms with E-state index in [1.54, 1.807) is 7.11 Å². The molecule has 14 heavy (non-hydrogen) atoms. The van der Waals surface area contributed by atoms with Gasteiger partial charge in [-0.15, -0.1) is 0 Å². The van der Waals surface area contributed by atoms with Crippen LogP contribution < -0.4 is 0 Å². The average Bonchev–Trinajstić information content (AvgIpc) is 2.53. The Kier molecular flexibility index (Phi) is 4.11. The molecule has 0 heterocycles. The minimum Gasteiger partial charge on any atom is -0.377 e. The van der Waals surface area contributed by atoms with E-state index in [1.165, 1.54) is 12.8 Å². The van der Waals surface area contributed by atoms with Gasteiger partial charge in [0.2, 0.25) is 0 Å². The third-order valence-electron chi connectivity index (χ3n) is 3.23. The van der Waals surface area contributed by atoms with Crippen LogP contribution in [-0.2, 0) is 9.53 Å². The fraction of sp³-hybridized carbons (Fsp3) is 0.917. The average molecular weight is 198 g/mol. The lowest BCUT2D eigenvalue weighted by molar-refractivity contribution is -0.133. The second-order valence-electron chi connectivity index (χ2n) is 4.94. The fourth-order valence-electron chi connectivity index (χ4n) is 2.71. The SMILES string of the molecule is COCC(=O)C1(CC(C)C)CCCC1. The molecular formula is C12H22O2. The largest absolute Gasteiger partial charge is 0.377 e. The minimum absolute atomic E-state index is 0.0375. The van der Waals surface area contributed by atoms with E-state index in [4.69, 9.17) is 4.74 Å². The van der Waals surface area contributed by atoms with E-state index < -0.39 is 0 Å². The van der Waals surface area contributed by atoms with E-state index in [0.29, 0.717) is 18.3 Å². The van der Waals surface area contributed by atoms with Crippen LogP contribution in [0.4, 0.5) is 0 Å². The standard InChI is InChI=1S/C12H22O2/c1-10(2)8-12(6-4-5-7-12)11(13)9-14-3/h10H,4-9H2,1-3H3. The van der Waals surface area contributed by atoms with E-state index >= 15 is 0 Å². The van der Waals surface area contributed by atoms with Gasteiger partial charge in [0.15, 0.2) is 5.78 Å². The number of ether oxygens (including phenoxy) is 1. The van der Waals surface area contributed by atoms with Gasteiger partial charge in [0.05, 0.1) is 0 Å². The number of rotatable bonds is 5. The molecule has 1 saturated carbocycles. The smallest absolute Gasteiger partial charge is 0.164 e. The highest BCUT2D eigenvalue weighted by molar-refractivity contribution is 5.86. The van der Waals surface area contributed by atoms with Crippen LogP contribution in [0.25, 0.3) is 0 Å². The van der Waals surface area contributed by atoms with Crippen molar-refractivity contribution in [1.82, 2.24) is 0 Å². The van der Waals surface area contributed by atoms with Crippen molar-refractivity contribution < 1.29 is 9.53 Å². The molecule has 1 aliphatic carbocycles. The monoisotopic (exact) mass is 198 g/mol. The van der Waals surface area contributed by atoms with E-state index in [9.17, 15) is 4.79 Å². The first kappa shape index (κ1) is 11.7. The molecule has 2 heteroatoms. The summed E-state index contributed by atoms with van der Waals surface area (Å²) in [5, 5.41) is 0. The molecule has 2 nitrogen and oxygen atoms in total. The predicted octanol–water partition coefficient (Wildman–Crippen LogP) is 2.81. The highest BCUT2D eigenvalue weighted by Gasteiger charge is 2.40. The normalized spacial score (nSPS) is 20.3. The molecule has 0 atom stereocenters. The quantitative estimate of drug-likeness (QED) is 0.679. The fourth-order valence-corrected chi connectivity index (χ4v) is 2.71. The summed E-state index contributed by atoms with van der Waals surface area (Å²) in [5.74, 6) is 0.931. The zero-order valence-electron chi connectivity index (χ0n) is 9.64. The van der Waals surface area contributed by atoms with E-state index in [1.807, 2.05) is 0 Å². The summed E-state index contributed by atoms with van der Waals surface area (Å²) in [4.78, 5) is 12.0. The Bertz CT molecular complexity index is 190. The zero-order valence-corrected chi connectivity index (χ0v) is 9.64. The van der Waals surface area contributed by atoms with Gasteiger partial charge in [-0.1, -0.05) is 26.7 Å². The van der Waals surface area contributed by atoms with E-state index in [2.05, 4.69) is 13.8 Å². The molecule has 0 aromatic heterocycles. The maximum atomic E-state index is 12.0. The van der Waals surface area contributed by atoms with Crippen molar-refractivity contribution in [2.75, 3.05) is 13.7 Å². The third-order valence-corrected chi connectivity index (χ3v) is 3.23. The molecular weight excluding hydrogens is 176 g/mol. The molecule has 0 amide bonds. The summed E-state index contributed by atoms with van der Waals surface area (Å²) in [6, 6.07) is 0. The van der Waals surface area contributed by atoms with Crippen molar-refractivity contribution in [3.63, 3.8) is 0 Å². The Balaban J connectivity index is 2.65. The van der Waals surface area contributed by atoms with Crippen molar-refractivity contribution in [2.24, 2.45) is 11.3 Å². The number of hydrogen-bond donors (Lipinski definition) is 0. The molecule has 82 valence electrons. The Hall–Kier alpha value is -0.370. The first-order valence-corrected chi connectivity index (χ1v) is 5.63. The number of methoxy groups -OCH3 is 1. The van der Waals surface area contributed by atoms with Crippen LogP contribution in [0.1, 0.15) is 46.0 Å². The van der Waals surface area contributed by atoms with Crippen LogP contribution in [-0.4, -0.2) is 19.5 Å². The highest BCUT2D eigenvalue weighted by Crippen LogP contribution is 2.43. The molecule has 1 rings (SSSR count). The van der Waals surface area contributed by atoms with Crippen molar-refractivity contribution in [1.29, 1.82) is 0 Å². The van der Waals surface area contributed by atoms with Gasteiger partial charge in [-0.25, -0.2) is 0 Å². The Morgan fingerprint density at radius 3 is 2.36 bits per heavy atom. The second-order valence-corrected chi connectivity index (χ2v) is 4.94. The van der Waals surface area contributed by atoms with E-state index in [0.717, 1.165) is 19.3 Å². The topological polar surface area (TPSA) is 26.3 Å². The Labute approximate surface area is 87.0 Å². The highest BCUT2D eigenvalue weighted by atomic mass is 16.5. The molecule has 0 aromatic rings. The van der Waals surface area contributed by atoms with Gasteiger partial charge in [0.1, 0.15) is 6.61 Å². The van der Waals surface area contributed by atoms with Crippen LogP contribution in [0, 0.1) is 11.3 Å². The summed E-state index contributed by atoms with van der Waals surface area (Å²) >= 11 is 0. The predicted molar refractivity (Wildman–Crippen MR) is 57.2 cm³/mol.